The lowest BCUT2D eigenvalue weighted by atomic mass is 10.0. The van der Waals surface area contributed by atoms with Gasteiger partial charge in [0.05, 0.1) is 12.3 Å². The molecule has 0 saturated heterocycles. The van der Waals surface area contributed by atoms with Crippen LogP contribution in [0.4, 0.5) is 13.2 Å². The number of aliphatic imine (C=N–C) groups is 1. The molecule has 0 saturated carbocycles. The average Bonchev–Trinajstić information content (AvgIpc) is 3.38. The number of guanidine groups is 1. The number of rotatable bonds is 15. The molecule has 4 aromatic rings. The van der Waals surface area contributed by atoms with E-state index in [0.29, 0.717) is 60.4 Å². The molecule has 10 nitrogen and oxygen atoms in total. The quantitative estimate of drug-likeness (QED) is 0.0543. The highest BCUT2D eigenvalue weighted by molar-refractivity contribution is 8.00. The molecule has 0 bridgehead atoms. The SMILES string of the molecule is COC[C@H](N)CCCc1cc(SC(F)(F)F)cc(-c2cc3cn(-c4ccc([C@H](C)NCCCN=C(N)N)cc4)c(=O)nc3[nH]2)c1. The summed E-state index contributed by atoms with van der Waals surface area (Å²) < 4.78 is 46.4. The van der Waals surface area contributed by atoms with Gasteiger partial charge in [0.1, 0.15) is 5.65 Å². The third-order valence-electron chi connectivity index (χ3n) is 7.19. The molecule has 45 heavy (non-hydrogen) atoms. The number of hydrogen-bond donors (Lipinski definition) is 5. The van der Waals surface area contributed by atoms with E-state index in [9.17, 15) is 18.0 Å². The molecule has 0 unspecified atom stereocenters. The summed E-state index contributed by atoms with van der Waals surface area (Å²) in [4.78, 5) is 24.4. The zero-order valence-corrected chi connectivity index (χ0v) is 26.0. The van der Waals surface area contributed by atoms with Crippen molar-refractivity contribution in [2.24, 2.45) is 22.2 Å². The van der Waals surface area contributed by atoms with Crippen molar-refractivity contribution in [1.82, 2.24) is 19.9 Å². The highest BCUT2D eigenvalue weighted by Gasteiger charge is 2.29. The van der Waals surface area contributed by atoms with Crippen LogP contribution in [0.15, 0.2) is 69.4 Å². The maximum atomic E-state index is 13.3. The number of fused-ring (bicyclic) bond motifs is 1. The lowest BCUT2D eigenvalue weighted by molar-refractivity contribution is -0.0328. The Labute approximate surface area is 263 Å². The molecule has 0 amide bonds. The summed E-state index contributed by atoms with van der Waals surface area (Å²) in [5, 5.41) is 4.06. The number of halogens is 3. The fraction of sp³-hybridized carbons (Fsp3) is 0.387. The Morgan fingerprint density at radius 3 is 2.60 bits per heavy atom. The van der Waals surface area contributed by atoms with Crippen LogP contribution in [0.25, 0.3) is 28.0 Å². The van der Waals surface area contributed by atoms with E-state index >= 15 is 0 Å². The van der Waals surface area contributed by atoms with E-state index in [0.717, 1.165) is 24.1 Å². The first-order chi connectivity index (χ1) is 21.4. The van der Waals surface area contributed by atoms with Crippen LogP contribution in [0.3, 0.4) is 0 Å². The van der Waals surface area contributed by atoms with Crippen LogP contribution in [-0.2, 0) is 11.2 Å². The molecule has 0 spiro atoms. The molecule has 0 aliphatic rings. The molecule has 2 aromatic carbocycles. The van der Waals surface area contributed by atoms with Crippen molar-refractivity contribution in [2.75, 3.05) is 26.8 Å². The van der Waals surface area contributed by atoms with Gasteiger partial charge in [0, 0.05) is 47.9 Å². The number of alkyl halides is 3. The first-order valence-corrected chi connectivity index (χ1v) is 15.4. The van der Waals surface area contributed by atoms with Gasteiger partial charge in [-0.3, -0.25) is 9.56 Å². The summed E-state index contributed by atoms with van der Waals surface area (Å²) in [6.07, 6.45) is 4.40. The van der Waals surface area contributed by atoms with Gasteiger partial charge >= 0.3 is 11.2 Å². The molecule has 0 fully saturated rings. The number of thioether (sulfide) groups is 1. The molecule has 14 heteroatoms. The maximum absolute atomic E-state index is 13.3. The molecule has 0 aliphatic carbocycles. The number of nitrogens with two attached hydrogens (primary N) is 3. The summed E-state index contributed by atoms with van der Waals surface area (Å²) in [5.74, 6) is 0.0757. The second kappa shape index (κ2) is 15.4. The van der Waals surface area contributed by atoms with Crippen molar-refractivity contribution >= 4 is 28.8 Å². The number of nitrogens with zero attached hydrogens (tertiary/aromatic N) is 3. The molecular weight excluding hydrogens is 605 g/mol. The van der Waals surface area contributed by atoms with Gasteiger partial charge in [-0.2, -0.15) is 18.2 Å². The third kappa shape index (κ3) is 10.1. The van der Waals surface area contributed by atoms with Crippen LogP contribution in [0.2, 0.25) is 0 Å². The lowest BCUT2D eigenvalue weighted by Crippen LogP contribution is -2.25. The first-order valence-electron chi connectivity index (χ1n) is 14.6. The molecule has 0 aliphatic heterocycles. The molecule has 2 aromatic heterocycles. The van der Waals surface area contributed by atoms with Crippen LogP contribution < -0.4 is 28.2 Å². The minimum Gasteiger partial charge on any atom is -0.383 e. The Hall–Kier alpha value is -3.85. The largest absolute Gasteiger partial charge is 0.446 e. The Kier molecular flexibility index (Phi) is 11.7. The summed E-state index contributed by atoms with van der Waals surface area (Å²) in [6.45, 7) is 3.74. The minimum atomic E-state index is -4.43. The number of ether oxygens (including phenoxy) is 1. The number of aryl methyl sites for hydroxylation is 1. The molecular formula is C31H39F3N8O2S. The minimum absolute atomic E-state index is 0.0704. The summed E-state index contributed by atoms with van der Waals surface area (Å²) in [7, 11) is 1.58. The topological polar surface area (TPSA) is 162 Å². The molecule has 4 rings (SSSR count). The Balaban J connectivity index is 1.54. The fourth-order valence-corrected chi connectivity index (χ4v) is 5.66. The summed E-state index contributed by atoms with van der Waals surface area (Å²) in [6, 6.07) is 14.2. The van der Waals surface area contributed by atoms with Crippen LogP contribution in [0, 0.1) is 0 Å². The molecule has 242 valence electrons. The molecule has 2 heterocycles. The van der Waals surface area contributed by atoms with Crippen LogP contribution in [-0.4, -0.2) is 58.9 Å². The van der Waals surface area contributed by atoms with Gasteiger partial charge < -0.3 is 32.2 Å². The number of hydrogen-bond acceptors (Lipinski definition) is 7. The standard InChI is InChI=1S/C31H39F3N8O2S/c1-19(38-11-4-12-39-29(36)37)21-7-9-25(10-8-21)42-17-23-16-27(40-28(23)41-30(42)43)22-13-20(5-3-6-24(35)18-44-2)14-26(15-22)45-31(32,33)34/h7-10,13-17,19,24,38H,3-6,11-12,18,35H2,1-2H3,(H4,36,37,39)(H,40,41,43)/t19-,24+/m0/s1. The van der Waals surface area contributed by atoms with Gasteiger partial charge in [0.15, 0.2) is 5.96 Å². The van der Waals surface area contributed by atoms with Gasteiger partial charge in [-0.1, -0.05) is 12.1 Å². The van der Waals surface area contributed by atoms with Crippen molar-refractivity contribution in [2.45, 2.75) is 55.1 Å². The fourth-order valence-electron chi connectivity index (χ4n) is 5.00. The van der Waals surface area contributed by atoms with Crippen molar-refractivity contribution in [3.8, 4) is 16.9 Å². The van der Waals surface area contributed by atoms with E-state index < -0.39 is 11.2 Å². The third-order valence-corrected chi connectivity index (χ3v) is 7.89. The monoisotopic (exact) mass is 644 g/mol. The number of aromatic amines is 1. The zero-order valence-electron chi connectivity index (χ0n) is 25.2. The lowest BCUT2D eigenvalue weighted by Gasteiger charge is -2.15. The normalized spacial score (nSPS) is 13.2. The number of nitrogens with one attached hydrogen (secondary N) is 2. The van der Waals surface area contributed by atoms with Crippen molar-refractivity contribution in [1.29, 1.82) is 0 Å². The Morgan fingerprint density at radius 2 is 1.91 bits per heavy atom. The van der Waals surface area contributed by atoms with Crippen molar-refractivity contribution in [3.63, 3.8) is 0 Å². The smallest absolute Gasteiger partial charge is 0.383 e. The van der Waals surface area contributed by atoms with Crippen molar-refractivity contribution < 1.29 is 17.9 Å². The number of H-pyrrole nitrogens is 1. The number of benzene rings is 2. The summed E-state index contributed by atoms with van der Waals surface area (Å²) in [5.41, 5.74) is 15.7. The Bertz CT molecular complexity index is 1650. The van der Waals surface area contributed by atoms with Crippen LogP contribution >= 0.6 is 11.8 Å². The van der Waals surface area contributed by atoms with Gasteiger partial charge in [0.25, 0.3) is 0 Å². The highest BCUT2D eigenvalue weighted by Crippen LogP contribution is 2.39. The second-order valence-electron chi connectivity index (χ2n) is 10.8. The van der Waals surface area contributed by atoms with Gasteiger partial charge in [-0.15, -0.1) is 0 Å². The van der Waals surface area contributed by atoms with E-state index in [4.69, 9.17) is 21.9 Å². The molecule has 8 N–H and O–H groups in total. The first kappa shape index (κ1) is 34.0. The second-order valence-corrected chi connectivity index (χ2v) is 12.0. The predicted molar refractivity (Wildman–Crippen MR) is 174 cm³/mol. The number of aromatic nitrogens is 3. The average molecular weight is 645 g/mol. The van der Waals surface area contributed by atoms with E-state index in [1.807, 2.05) is 37.3 Å². The van der Waals surface area contributed by atoms with Crippen LogP contribution in [0.5, 0.6) is 0 Å². The Morgan fingerprint density at radius 1 is 1.16 bits per heavy atom. The van der Waals surface area contributed by atoms with Gasteiger partial charge in [-0.25, -0.2) is 4.79 Å². The van der Waals surface area contributed by atoms with Crippen LogP contribution in [0.1, 0.15) is 43.4 Å². The van der Waals surface area contributed by atoms with E-state index in [2.05, 4.69) is 20.3 Å². The number of methoxy groups -OCH3 is 1. The van der Waals surface area contributed by atoms with E-state index in [1.54, 1.807) is 25.4 Å². The summed E-state index contributed by atoms with van der Waals surface area (Å²) >= 11 is -0.156. The predicted octanol–water partition coefficient (Wildman–Crippen LogP) is 4.60. The molecule has 2 atom stereocenters. The van der Waals surface area contributed by atoms with Gasteiger partial charge in [0.2, 0.25) is 0 Å². The molecule has 0 radical (unpaired) electrons. The highest BCUT2D eigenvalue weighted by atomic mass is 32.2. The van der Waals surface area contributed by atoms with E-state index in [-0.39, 0.29) is 34.7 Å². The van der Waals surface area contributed by atoms with Crippen molar-refractivity contribution in [3.05, 3.63) is 76.3 Å². The van der Waals surface area contributed by atoms with Gasteiger partial charge in [-0.05, 0) is 104 Å². The van der Waals surface area contributed by atoms with E-state index in [1.165, 1.54) is 10.6 Å². The maximum Gasteiger partial charge on any atom is 0.446 e. The zero-order chi connectivity index (χ0) is 32.6.